The van der Waals surface area contributed by atoms with Gasteiger partial charge in [0.25, 0.3) is 5.91 Å². The molecule has 2 N–H and O–H groups in total. The van der Waals surface area contributed by atoms with Crippen molar-refractivity contribution in [3.8, 4) is 28.8 Å². The van der Waals surface area contributed by atoms with Crippen LogP contribution < -0.4 is 10.5 Å². The third-order valence-corrected chi connectivity index (χ3v) is 7.79. The summed E-state index contributed by atoms with van der Waals surface area (Å²) in [6, 6.07) is 12.4. The standard InChI is InChI=1S/C31H29F2N7O2/c32-24-7-2-8-25(27(24)33)42-23-13-11-20(12-14-23)28-26-29(35)36-18-37-30(26)40(38-28)22-6-3-15-39(17-22)31(41)21(16-34)5-1-4-19-9-10-19/h2,5,7-8,11-14,18-19,22H,1,3-4,6,9-10,15,17H2,(H2,35,36,37)/b21-5+/t22-/m1/s1. The van der Waals surface area contributed by atoms with Crippen LogP contribution in [0.5, 0.6) is 11.5 Å². The van der Waals surface area contributed by atoms with Gasteiger partial charge in [0, 0.05) is 18.7 Å². The van der Waals surface area contributed by atoms with E-state index in [1.54, 1.807) is 39.9 Å². The molecule has 1 atom stereocenters. The molecule has 1 aliphatic carbocycles. The minimum Gasteiger partial charge on any atom is -0.454 e. The number of hydrogen-bond acceptors (Lipinski definition) is 7. The van der Waals surface area contributed by atoms with Crippen molar-refractivity contribution in [2.24, 2.45) is 5.92 Å². The van der Waals surface area contributed by atoms with E-state index >= 15 is 0 Å². The summed E-state index contributed by atoms with van der Waals surface area (Å²) in [5.41, 5.74) is 8.27. The highest BCUT2D eigenvalue weighted by Crippen LogP contribution is 2.36. The lowest BCUT2D eigenvalue weighted by atomic mass is 10.0. The summed E-state index contributed by atoms with van der Waals surface area (Å²) in [7, 11) is 0. The fraction of sp³-hybridized carbons (Fsp3) is 0.323. The first-order valence-corrected chi connectivity index (χ1v) is 14.0. The van der Waals surface area contributed by atoms with Gasteiger partial charge in [-0.05, 0) is 68.0 Å². The Bertz CT molecular complexity index is 1710. The van der Waals surface area contributed by atoms with Crippen molar-refractivity contribution in [2.75, 3.05) is 18.8 Å². The molecule has 6 rings (SSSR count). The molecule has 9 nitrogen and oxygen atoms in total. The van der Waals surface area contributed by atoms with E-state index in [4.69, 9.17) is 15.6 Å². The minimum absolute atomic E-state index is 0.182. The molecule has 2 fully saturated rings. The highest BCUT2D eigenvalue weighted by Gasteiger charge is 2.30. The topological polar surface area (TPSA) is 123 Å². The highest BCUT2D eigenvalue weighted by molar-refractivity contribution is 5.99. The summed E-state index contributed by atoms with van der Waals surface area (Å²) in [5, 5.41) is 15.1. The molecule has 1 aliphatic heterocycles. The first-order chi connectivity index (χ1) is 20.4. The molecule has 0 spiro atoms. The SMILES string of the molecule is N#C/C(=C\CCC1CC1)C(=O)N1CCC[C@@H](n2nc(-c3ccc(Oc4cccc(F)c4F)cc3)c3c(N)ncnc32)C1. The summed E-state index contributed by atoms with van der Waals surface area (Å²) in [6.07, 6.45) is 8.89. The number of nitrogen functional groups attached to an aromatic ring is 1. The van der Waals surface area contributed by atoms with Crippen LogP contribution in [0.1, 0.15) is 44.6 Å². The Morgan fingerprint density at radius 2 is 1.95 bits per heavy atom. The van der Waals surface area contributed by atoms with Crippen LogP contribution in [-0.2, 0) is 4.79 Å². The fourth-order valence-corrected chi connectivity index (χ4v) is 5.38. The maximum Gasteiger partial charge on any atom is 0.264 e. The van der Waals surface area contributed by atoms with E-state index in [0.717, 1.165) is 37.7 Å². The van der Waals surface area contributed by atoms with E-state index in [1.165, 1.54) is 31.3 Å². The number of likely N-dealkylation sites (tertiary alicyclic amines) is 1. The zero-order valence-electron chi connectivity index (χ0n) is 22.8. The predicted octanol–water partition coefficient (Wildman–Crippen LogP) is 5.95. The highest BCUT2D eigenvalue weighted by atomic mass is 19.2. The zero-order chi connectivity index (χ0) is 29.2. The Morgan fingerprint density at radius 1 is 1.14 bits per heavy atom. The van der Waals surface area contributed by atoms with E-state index in [0.29, 0.717) is 41.1 Å². The van der Waals surface area contributed by atoms with Gasteiger partial charge >= 0.3 is 0 Å². The molecular weight excluding hydrogens is 540 g/mol. The maximum absolute atomic E-state index is 14.1. The van der Waals surface area contributed by atoms with Crippen LogP contribution in [0.15, 0.2) is 60.4 Å². The van der Waals surface area contributed by atoms with Crippen molar-refractivity contribution in [3.63, 3.8) is 0 Å². The second-order valence-corrected chi connectivity index (χ2v) is 10.7. The van der Waals surface area contributed by atoms with Gasteiger partial charge in [-0.1, -0.05) is 25.0 Å². The van der Waals surface area contributed by atoms with Crippen molar-refractivity contribution in [3.05, 3.63) is 72.1 Å². The molecule has 42 heavy (non-hydrogen) atoms. The first-order valence-electron chi connectivity index (χ1n) is 14.0. The van der Waals surface area contributed by atoms with E-state index in [2.05, 4.69) is 16.0 Å². The molecule has 3 heterocycles. The normalized spacial score (nSPS) is 17.3. The molecule has 4 aromatic rings. The Balaban J connectivity index is 1.26. The van der Waals surface area contributed by atoms with Crippen LogP contribution in [0, 0.1) is 28.9 Å². The van der Waals surface area contributed by atoms with E-state index in [9.17, 15) is 18.8 Å². The average molecular weight is 570 g/mol. The lowest BCUT2D eigenvalue weighted by Gasteiger charge is -2.32. The van der Waals surface area contributed by atoms with Crippen molar-refractivity contribution in [1.29, 1.82) is 5.26 Å². The number of fused-ring (bicyclic) bond motifs is 1. The number of amides is 1. The predicted molar refractivity (Wildman–Crippen MR) is 152 cm³/mol. The van der Waals surface area contributed by atoms with Gasteiger partial charge in [0.1, 0.15) is 35.2 Å². The van der Waals surface area contributed by atoms with Gasteiger partial charge < -0.3 is 15.4 Å². The lowest BCUT2D eigenvalue weighted by Crippen LogP contribution is -2.41. The minimum atomic E-state index is -1.06. The molecule has 11 heteroatoms. The van der Waals surface area contributed by atoms with E-state index < -0.39 is 11.6 Å². The van der Waals surface area contributed by atoms with Gasteiger partial charge in [-0.25, -0.2) is 19.0 Å². The number of anilines is 1. The van der Waals surface area contributed by atoms with Crippen molar-refractivity contribution < 1.29 is 18.3 Å². The quantitative estimate of drug-likeness (QED) is 0.205. The Hall–Kier alpha value is -4.85. The van der Waals surface area contributed by atoms with Crippen molar-refractivity contribution in [1.82, 2.24) is 24.6 Å². The molecule has 0 bridgehead atoms. The van der Waals surface area contributed by atoms with Crippen LogP contribution in [0.3, 0.4) is 0 Å². The van der Waals surface area contributed by atoms with Crippen LogP contribution in [-0.4, -0.2) is 43.6 Å². The monoisotopic (exact) mass is 569 g/mol. The number of halogens is 2. The summed E-state index contributed by atoms with van der Waals surface area (Å²) in [6.45, 7) is 0.945. The van der Waals surface area contributed by atoms with Crippen LogP contribution in [0.25, 0.3) is 22.3 Å². The molecule has 1 amide bonds. The molecular formula is C31H29F2N7O2. The van der Waals surface area contributed by atoms with Crippen molar-refractivity contribution in [2.45, 2.75) is 44.6 Å². The van der Waals surface area contributed by atoms with E-state index in [1.807, 2.05) is 0 Å². The van der Waals surface area contributed by atoms with E-state index in [-0.39, 0.29) is 29.1 Å². The lowest BCUT2D eigenvalue weighted by molar-refractivity contribution is -0.128. The maximum atomic E-state index is 14.1. The van der Waals surface area contributed by atoms with Crippen LogP contribution >= 0.6 is 0 Å². The molecule has 2 aliphatic rings. The number of nitriles is 1. The van der Waals surface area contributed by atoms with Gasteiger partial charge in [0.2, 0.25) is 5.82 Å². The third-order valence-electron chi connectivity index (χ3n) is 7.79. The van der Waals surface area contributed by atoms with Gasteiger partial charge in [-0.15, -0.1) is 0 Å². The molecule has 214 valence electrons. The first kappa shape index (κ1) is 27.3. The smallest absolute Gasteiger partial charge is 0.264 e. The Kier molecular flexibility index (Phi) is 7.52. The third kappa shape index (κ3) is 5.52. The number of nitrogens with two attached hydrogens (primary N) is 1. The average Bonchev–Trinajstić information content (AvgIpc) is 3.75. The number of benzene rings is 2. The molecule has 2 aromatic carbocycles. The molecule has 1 saturated carbocycles. The number of aromatic nitrogens is 4. The number of carbonyl (C=O) groups is 1. The number of rotatable bonds is 8. The second kappa shape index (κ2) is 11.6. The molecule has 0 radical (unpaired) electrons. The fourth-order valence-electron chi connectivity index (χ4n) is 5.38. The number of hydrogen-bond donors (Lipinski definition) is 1. The molecule has 1 saturated heterocycles. The summed E-state index contributed by atoms with van der Waals surface area (Å²) >= 11 is 0. The summed E-state index contributed by atoms with van der Waals surface area (Å²) in [4.78, 5) is 23.6. The summed E-state index contributed by atoms with van der Waals surface area (Å²) < 4.78 is 35.0. The zero-order valence-corrected chi connectivity index (χ0v) is 22.8. The number of carbonyl (C=O) groups excluding carboxylic acids is 1. The molecule has 2 aromatic heterocycles. The van der Waals surface area contributed by atoms with Crippen LogP contribution in [0.4, 0.5) is 14.6 Å². The van der Waals surface area contributed by atoms with Gasteiger partial charge in [0.05, 0.1) is 11.4 Å². The largest absolute Gasteiger partial charge is 0.454 e. The molecule has 0 unspecified atom stereocenters. The van der Waals surface area contributed by atoms with Gasteiger partial charge in [-0.2, -0.15) is 14.8 Å². The second-order valence-electron chi connectivity index (χ2n) is 10.7. The number of nitrogens with zero attached hydrogens (tertiary/aromatic N) is 6. The number of ether oxygens (including phenoxy) is 1. The Labute approximate surface area is 241 Å². The van der Waals surface area contributed by atoms with Crippen molar-refractivity contribution >= 4 is 22.8 Å². The Morgan fingerprint density at radius 3 is 2.71 bits per heavy atom. The van der Waals surface area contributed by atoms with Gasteiger partial charge in [-0.3, -0.25) is 4.79 Å². The number of allylic oxidation sites excluding steroid dienone is 1. The number of piperidine rings is 1. The summed E-state index contributed by atoms with van der Waals surface area (Å²) in [5.74, 6) is -1.22. The van der Waals surface area contributed by atoms with Crippen LogP contribution in [0.2, 0.25) is 0 Å². The van der Waals surface area contributed by atoms with Gasteiger partial charge in [0.15, 0.2) is 17.2 Å².